The van der Waals surface area contributed by atoms with E-state index in [2.05, 4.69) is 64.9 Å². The third-order valence-electron chi connectivity index (χ3n) is 20.3. The summed E-state index contributed by atoms with van der Waals surface area (Å²) in [4.78, 5) is 76.3. The Morgan fingerprint density at radius 3 is 1.17 bits per heavy atom. The topological polar surface area (TPSA) is 343 Å². The van der Waals surface area contributed by atoms with Gasteiger partial charge >= 0.3 is 5.97 Å². The van der Waals surface area contributed by atoms with Gasteiger partial charge in [0, 0.05) is 59.4 Å². The molecule has 24 nitrogen and oxygen atoms in total. The molecule has 550 valence electrons. The number of aliphatic hydroxyl groups is 1. The minimum atomic E-state index is -0.494. The van der Waals surface area contributed by atoms with Gasteiger partial charge < -0.3 is 43.0 Å². The van der Waals surface area contributed by atoms with Crippen molar-refractivity contribution in [3.63, 3.8) is 0 Å². The highest BCUT2D eigenvalue weighted by atomic mass is 16.5. The van der Waals surface area contributed by atoms with E-state index in [-0.39, 0.29) is 47.9 Å². The summed E-state index contributed by atoms with van der Waals surface area (Å²) in [6.07, 6.45) is 16.4. The average molecular weight is 1450 g/mol. The van der Waals surface area contributed by atoms with E-state index in [1.807, 2.05) is 201 Å². The number of nitrogens with one attached hydrogen (secondary N) is 3. The van der Waals surface area contributed by atoms with Crippen molar-refractivity contribution in [2.75, 3.05) is 17.2 Å². The number of ether oxygens (including phenoxy) is 1. The molecule has 1 fully saturated rings. The lowest BCUT2D eigenvalue weighted by Gasteiger charge is -2.28. The summed E-state index contributed by atoms with van der Waals surface area (Å²) in [6, 6.07) is 53.9. The fraction of sp³-hybridized carbons (Fsp3) is 0.235. The summed E-state index contributed by atoms with van der Waals surface area (Å²) in [7, 11) is 0. The molecule has 13 aromatic rings. The number of allylic oxidation sites excluding steroid dienone is 3. The van der Waals surface area contributed by atoms with Crippen LogP contribution in [0.2, 0.25) is 0 Å². The molecule has 6 heterocycles. The molecule has 6 aromatic heterocycles. The number of anilines is 3. The third-order valence-corrected chi connectivity index (χ3v) is 20.3. The van der Waals surface area contributed by atoms with Crippen molar-refractivity contribution in [3.05, 3.63) is 274 Å². The van der Waals surface area contributed by atoms with Gasteiger partial charge in [0.1, 0.15) is 59.6 Å². The number of amides is 3. The predicted molar refractivity (Wildman–Crippen MR) is 421 cm³/mol. The number of benzene rings is 7. The van der Waals surface area contributed by atoms with Gasteiger partial charge in [-0.15, -0.1) is 0 Å². The molecule has 24 heteroatoms. The van der Waals surface area contributed by atoms with Gasteiger partial charge in [-0.3, -0.25) is 14.4 Å². The molecule has 4 atom stereocenters. The minimum absolute atomic E-state index is 0.0781. The molecule has 4 unspecified atom stereocenters. The number of carbonyl (C=O) groups excluding carboxylic acids is 4. The van der Waals surface area contributed by atoms with Crippen LogP contribution in [0.1, 0.15) is 144 Å². The number of fused-ring (bicyclic) bond motifs is 3. The summed E-state index contributed by atoms with van der Waals surface area (Å²) < 4.78 is 11.5. The van der Waals surface area contributed by atoms with E-state index in [1.165, 1.54) is 19.0 Å². The van der Waals surface area contributed by atoms with Crippen LogP contribution in [0.3, 0.4) is 0 Å². The summed E-state index contributed by atoms with van der Waals surface area (Å²) in [5, 5.41) is 35.7. The third kappa shape index (κ3) is 16.2. The van der Waals surface area contributed by atoms with Crippen molar-refractivity contribution in [1.82, 2.24) is 75.2 Å². The fourth-order valence-electron chi connectivity index (χ4n) is 14.2. The smallest absolute Gasteiger partial charge is 0.338 e. The van der Waals surface area contributed by atoms with Crippen molar-refractivity contribution in [3.8, 4) is 33.8 Å². The van der Waals surface area contributed by atoms with E-state index in [4.69, 9.17) is 37.2 Å². The highest BCUT2D eigenvalue weighted by Gasteiger charge is 2.31. The average Bonchev–Trinajstić information content (AvgIpc) is 1.62. The number of aryl methyl sites for hydroxylation is 4. The van der Waals surface area contributed by atoms with E-state index in [9.17, 15) is 24.3 Å². The van der Waals surface area contributed by atoms with Crippen LogP contribution in [-0.4, -0.2) is 100 Å². The molecule has 3 aliphatic carbocycles. The second-order valence-corrected chi connectivity index (χ2v) is 28.0. The number of nitrogens with two attached hydrogens (primary N) is 3. The Hall–Kier alpha value is -13.1. The highest BCUT2D eigenvalue weighted by molar-refractivity contribution is 6.01. The van der Waals surface area contributed by atoms with Crippen LogP contribution in [0.15, 0.2) is 213 Å². The van der Waals surface area contributed by atoms with Crippen molar-refractivity contribution in [2.24, 2.45) is 5.92 Å². The molecule has 7 aromatic carbocycles. The largest absolute Gasteiger partial charge is 0.459 e. The van der Waals surface area contributed by atoms with Gasteiger partial charge in [-0.1, -0.05) is 176 Å². The summed E-state index contributed by atoms with van der Waals surface area (Å²) in [6.45, 7) is 11.2. The summed E-state index contributed by atoms with van der Waals surface area (Å²) >= 11 is 0. The Morgan fingerprint density at radius 2 is 0.807 bits per heavy atom. The maximum Gasteiger partial charge on any atom is 0.338 e. The maximum absolute atomic E-state index is 12.6. The van der Waals surface area contributed by atoms with Gasteiger partial charge in [-0.05, 0) is 129 Å². The number of nitrogen functional groups attached to an aromatic ring is 3. The monoisotopic (exact) mass is 1450 g/mol. The summed E-state index contributed by atoms with van der Waals surface area (Å²) in [5.41, 5.74) is 35.2. The van der Waals surface area contributed by atoms with Gasteiger partial charge in [-0.2, -0.15) is 15.3 Å². The Labute approximate surface area is 629 Å². The van der Waals surface area contributed by atoms with E-state index in [0.29, 0.717) is 94.1 Å². The highest BCUT2D eigenvalue weighted by Crippen LogP contribution is 2.40. The molecule has 0 saturated heterocycles. The van der Waals surface area contributed by atoms with Crippen LogP contribution in [0.25, 0.3) is 66.9 Å². The van der Waals surface area contributed by atoms with Crippen LogP contribution in [0.5, 0.6) is 0 Å². The van der Waals surface area contributed by atoms with Crippen LogP contribution < -0.4 is 33.2 Å². The molecular weight excluding hydrogens is 1370 g/mol. The number of nitrogens with zero attached hydrogens (tertiary/aromatic N) is 12. The van der Waals surface area contributed by atoms with Crippen LogP contribution >= 0.6 is 0 Å². The van der Waals surface area contributed by atoms with Crippen LogP contribution in [0.4, 0.5) is 17.5 Å². The van der Waals surface area contributed by atoms with Gasteiger partial charge in [0.15, 0.2) is 16.9 Å². The number of rotatable bonds is 17. The number of aromatic nitrogens is 12. The molecule has 0 radical (unpaired) electrons. The lowest BCUT2D eigenvalue weighted by atomic mass is 9.93. The second-order valence-electron chi connectivity index (χ2n) is 28.0. The van der Waals surface area contributed by atoms with Crippen LogP contribution in [0, 0.1) is 33.6 Å². The quantitative estimate of drug-likeness (QED) is 0.0329. The van der Waals surface area contributed by atoms with Gasteiger partial charge in [0.05, 0.1) is 46.0 Å². The number of hydrogen-bond donors (Lipinski definition) is 7. The Kier molecular flexibility index (Phi) is 21.6. The molecule has 0 spiro atoms. The van der Waals surface area contributed by atoms with Crippen molar-refractivity contribution < 1.29 is 29.0 Å². The first-order chi connectivity index (χ1) is 52.9. The van der Waals surface area contributed by atoms with E-state index < -0.39 is 6.10 Å². The fourth-order valence-corrected chi connectivity index (χ4v) is 14.2. The molecule has 16 rings (SSSR count). The second kappa shape index (κ2) is 32.3. The lowest BCUT2D eigenvalue weighted by molar-refractivity contribution is 0.0168. The molecule has 0 aliphatic heterocycles. The first-order valence-electron chi connectivity index (χ1n) is 36.5. The lowest BCUT2D eigenvalue weighted by Crippen LogP contribution is -2.26. The first-order valence-corrected chi connectivity index (χ1v) is 36.5. The van der Waals surface area contributed by atoms with Crippen molar-refractivity contribution in [1.29, 1.82) is 0 Å². The molecule has 0 bridgehead atoms. The molecule has 10 N–H and O–H groups in total. The molecule has 3 aliphatic rings. The van der Waals surface area contributed by atoms with E-state index in [0.717, 1.165) is 116 Å². The molecule has 3 amide bonds. The number of aliphatic hydroxyl groups excluding tert-OH is 1. The van der Waals surface area contributed by atoms with Gasteiger partial charge in [0.2, 0.25) is 0 Å². The zero-order valence-corrected chi connectivity index (χ0v) is 61.1. The predicted octanol–water partition coefficient (Wildman–Crippen LogP) is 13.6. The molecule has 109 heavy (non-hydrogen) atoms. The molecular formula is C85H84N18O6. The normalized spacial score (nSPS) is 17.2. The summed E-state index contributed by atoms with van der Waals surface area (Å²) in [5.74, 6) is 1.10. The van der Waals surface area contributed by atoms with Crippen molar-refractivity contribution >= 4 is 74.2 Å². The zero-order chi connectivity index (χ0) is 75.8. The number of carbonyl (C=O) groups is 4. The first kappa shape index (κ1) is 72.8. The van der Waals surface area contributed by atoms with Gasteiger partial charge in [0.25, 0.3) is 17.7 Å². The number of esters is 1. The minimum Gasteiger partial charge on any atom is -0.459 e. The molecule has 1 saturated carbocycles. The van der Waals surface area contributed by atoms with Crippen molar-refractivity contribution in [2.45, 2.75) is 123 Å². The van der Waals surface area contributed by atoms with E-state index >= 15 is 0 Å². The number of hydrogen-bond acceptors (Lipinski definition) is 18. The maximum atomic E-state index is 12.6. The zero-order valence-electron chi connectivity index (χ0n) is 61.1. The SMILES string of the molecule is Cc1ccc(C(=O)OC2CCC(n3nc(-c4ccc(CNC(=O)c5ccccc5C)cc4)c4c(N)ncnc43)CC2)cc1.Cc1ccccc1C(=O)NCc1ccc(-c2nn(C3C=CC(C)C3)c3ncnc(N)c23)cc1.Cc1ccccc1C(=O)NCc1ccc(-c2nn(C3C=CC(O)C3)c3ncnc(N)c23)cc1. The van der Waals surface area contributed by atoms with Gasteiger partial charge in [-0.25, -0.2) is 48.7 Å². The standard InChI is InChI=1S/C34H34N6O3.C26H26N6O.C25H24N6O2/c1-21-7-11-25(12-8-21)34(42)43-27-17-15-26(16-18-27)40-32-29(31(35)37-20-38-32)30(39-40)24-13-9-23(10-14-24)19-36-33(41)28-6-4-3-5-22(28)2;1-16-7-12-20(13-16)32-25-22(24(27)29-15-30-25)23(31-32)19-10-8-18(9-11-19)14-28-26(33)21-6-4-3-5-17(21)2;1-15-4-2-3-5-20(15)25(33)27-13-16-6-8-17(9-7-16)22-21-23(26)28-14-29-24(21)31(30-22)18-10-11-19(32)12-18/h3-14,20,26-27H,15-19H2,1-2H3,(H,36,41)(H2,35,37,38);3-12,15-16,20H,13-14H2,1-2H3,(H,28,33)(H2,27,29,30);2-11,14,18-19,32H,12-13H2,1H3,(H,27,33)(H2,26,28,29). The van der Waals surface area contributed by atoms with Crippen LogP contribution in [-0.2, 0) is 24.4 Å². The Morgan fingerprint density at radius 1 is 0.440 bits per heavy atom. The Balaban J connectivity index is 0.000000138. The Bertz CT molecular complexity index is 5360. The van der Waals surface area contributed by atoms with E-state index in [1.54, 1.807) is 22.9 Å².